The average molecular weight is 634 g/mol. The Balaban J connectivity index is 0.000000145. The van der Waals surface area contributed by atoms with Crippen LogP contribution in [-0.2, 0) is 14.2 Å². The van der Waals surface area contributed by atoms with Gasteiger partial charge in [-0.25, -0.2) is 0 Å². The summed E-state index contributed by atoms with van der Waals surface area (Å²) in [5.41, 5.74) is 0. The molecule has 0 bridgehead atoms. The lowest BCUT2D eigenvalue weighted by Gasteiger charge is -1.95. The topological polar surface area (TPSA) is 74.8 Å². The highest BCUT2D eigenvalue weighted by Gasteiger charge is 2.26. The maximum absolute atomic E-state index is 9.02. The fourth-order valence-corrected chi connectivity index (χ4v) is 2.88. The van der Waals surface area contributed by atoms with E-state index in [1.807, 2.05) is 12.1 Å². The fraction of sp³-hybridized carbons (Fsp3) is 0.333. The van der Waals surface area contributed by atoms with E-state index in [0.717, 1.165) is 35.4 Å². The maximum atomic E-state index is 9.02. The Kier molecular flexibility index (Phi) is 10.1. The number of hydrogen-bond donors (Lipinski definition) is 2. The number of phenolic OH excluding ortho intramolecular Hbond substituents is 2. The molecule has 9 heteroatoms. The Labute approximate surface area is 191 Å². The van der Waals surface area contributed by atoms with Crippen molar-refractivity contribution < 1.29 is 24.4 Å². The summed E-state index contributed by atoms with van der Waals surface area (Å²) in [5.74, 6) is 0.508. The van der Waals surface area contributed by atoms with Crippen LogP contribution in [0.25, 0.3) is 0 Å². The van der Waals surface area contributed by atoms with Crippen molar-refractivity contribution in [1.29, 1.82) is 0 Å². The molecular formula is C18H18Br4O5. The summed E-state index contributed by atoms with van der Waals surface area (Å²) >= 11 is 12.8. The monoisotopic (exact) mass is 630 g/mol. The molecule has 0 aromatic heterocycles. The third kappa shape index (κ3) is 9.25. The summed E-state index contributed by atoms with van der Waals surface area (Å²) in [6, 6.07) is 10.5. The summed E-state index contributed by atoms with van der Waals surface area (Å²) in [4.78, 5) is 0. The standard InChI is InChI=1S/2C6H4Br2O.C6H10O3/c2*7-4-2-1-3-5(9)6(4)8;1(5-3-8-5)7-2-6-4-9-6/h2*1-3,9H;5-6H,1-4H2. The largest absolute Gasteiger partial charge is 0.507 e. The lowest BCUT2D eigenvalue weighted by molar-refractivity contribution is 0.102. The van der Waals surface area contributed by atoms with Gasteiger partial charge in [0.2, 0.25) is 0 Å². The Morgan fingerprint density at radius 3 is 1.41 bits per heavy atom. The van der Waals surface area contributed by atoms with E-state index in [1.165, 1.54) is 0 Å². The number of benzene rings is 2. The minimum atomic E-state index is 0.254. The quantitative estimate of drug-likeness (QED) is 0.427. The summed E-state index contributed by atoms with van der Waals surface area (Å²) in [6.07, 6.45) is 0.785. The van der Waals surface area contributed by atoms with E-state index in [4.69, 9.17) is 24.4 Å². The molecule has 0 amide bonds. The summed E-state index contributed by atoms with van der Waals surface area (Å²) < 4.78 is 18.2. The number of hydrogen-bond acceptors (Lipinski definition) is 5. The highest BCUT2D eigenvalue weighted by molar-refractivity contribution is 9.13. The van der Waals surface area contributed by atoms with Crippen molar-refractivity contribution in [3.8, 4) is 11.5 Å². The van der Waals surface area contributed by atoms with Crippen molar-refractivity contribution in [1.82, 2.24) is 0 Å². The molecule has 4 rings (SSSR count). The molecule has 2 fully saturated rings. The third-order valence-electron chi connectivity index (χ3n) is 3.27. The van der Waals surface area contributed by atoms with Crippen LogP contribution in [0.15, 0.2) is 54.3 Å². The van der Waals surface area contributed by atoms with Crippen molar-refractivity contribution in [3.05, 3.63) is 54.3 Å². The molecule has 2 aliphatic heterocycles. The second-order valence-electron chi connectivity index (χ2n) is 5.59. The zero-order valence-electron chi connectivity index (χ0n) is 14.1. The van der Waals surface area contributed by atoms with Crippen LogP contribution in [0.2, 0.25) is 0 Å². The van der Waals surface area contributed by atoms with Gasteiger partial charge < -0.3 is 24.4 Å². The Hall–Kier alpha value is -0.160. The summed E-state index contributed by atoms with van der Waals surface area (Å²) in [7, 11) is 0. The molecule has 2 atom stereocenters. The third-order valence-corrected chi connectivity index (χ3v) is 7.33. The van der Waals surface area contributed by atoms with Crippen molar-refractivity contribution >= 4 is 63.7 Å². The van der Waals surface area contributed by atoms with E-state index in [2.05, 4.69) is 63.7 Å². The van der Waals surface area contributed by atoms with Crippen LogP contribution >= 0.6 is 63.7 Å². The van der Waals surface area contributed by atoms with E-state index in [0.29, 0.717) is 21.2 Å². The van der Waals surface area contributed by atoms with Crippen LogP contribution in [0, 0.1) is 0 Å². The lowest BCUT2D eigenvalue weighted by atomic mass is 10.3. The minimum absolute atomic E-state index is 0.254. The van der Waals surface area contributed by atoms with Crippen LogP contribution < -0.4 is 0 Å². The molecule has 2 aliphatic rings. The van der Waals surface area contributed by atoms with Gasteiger partial charge in [-0.15, -0.1) is 0 Å². The van der Waals surface area contributed by atoms with Gasteiger partial charge in [-0.2, -0.15) is 0 Å². The van der Waals surface area contributed by atoms with E-state index < -0.39 is 0 Å². The van der Waals surface area contributed by atoms with Crippen molar-refractivity contribution in [3.63, 3.8) is 0 Å². The number of ether oxygens (including phenoxy) is 3. The molecule has 2 N–H and O–H groups in total. The molecular weight excluding hydrogens is 616 g/mol. The molecule has 0 spiro atoms. The van der Waals surface area contributed by atoms with Crippen LogP contribution in [-0.4, -0.2) is 48.8 Å². The SMILES string of the molecule is C(OCC1CO1)C1CO1.Oc1cccc(Br)c1Br.Oc1cccc(Br)c1Br. The maximum Gasteiger partial charge on any atom is 0.130 e. The molecule has 5 nitrogen and oxygen atoms in total. The molecule has 2 saturated heterocycles. The minimum Gasteiger partial charge on any atom is -0.507 e. The van der Waals surface area contributed by atoms with Gasteiger partial charge in [0.15, 0.2) is 0 Å². The number of halogens is 4. The van der Waals surface area contributed by atoms with Gasteiger partial charge in [0.25, 0.3) is 0 Å². The molecule has 0 aliphatic carbocycles. The van der Waals surface area contributed by atoms with Gasteiger partial charge in [0.1, 0.15) is 23.7 Å². The van der Waals surface area contributed by atoms with Crippen LogP contribution in [0.3, 0.4) is 0 Å². The Morgan fingerprint density at radius 2 is 1.15 bits per heavy atom. The van der Waals surface area contributed by atoms with Crippen molar-refractivity contribution in [2.75, 3.05) is 26.4 Å². The van der Waals surface area contributed by atoms with E-state index in [9.17, 15) is 0 Å². The van der Waals surface area contributed by atoms with E-state index >= 15 is 0 Å². The second-order valence-corrected chi connectivity index (χ2v) is 8.89. The average Bonchev–Trinajstić information content (AvgIpc) is 3.54. The summed E-state index contributed by atoms with van der Waals surface area (Å²) in [5, 5.41) is 18.0. The van der Waals surface area contributed by atoms with Crippen molar-refractivity contribution in [2.24, 2.45) is 0 Å². The highest BCUT2D eigenvalue weighted by Crippen LogP contribution is 2.31. The van der Waals surface area contributed by atoms with Gasteiger partial charge in [-0.05, 0) is 88.0 Å². The normalized spacial score (nSPS) is 19.3. The lowest BCUT2D eigenvalue weighted by Crippen LogP contribution is -2.06. The predicted molar refractivity (Wildman–Crippen MR) is 117 cm³/mol. The molecule has 2 aromatic rings. The van der Waals surface area contributed by atoms with Crippen LogP contribution in [0.5, 0.6) is 11.5 Å². The van der Waals surface area contributed by atoms with E-state index in [1.54, 1.807) is 24.3 Å². The number of epoxide rings is 2. The molecule has 2 heterocycles. The van der Waals surface area contributed by atoms with Gasteiger partial charge in [0.05, 0.1) is 35.4 Å². The van der Waals surface area contributed by atoms with Gasteiger partial charge >= 0.3 is 0 Å². The van der Waals surface area contributed by atoms with E-state index in [-0.39, 0.29) is 11.5 Å². The zero-order valence-corrected chi connectivity index (χ0v) is 20.4. The van der Waals surface area contributed by atoms with Gasteiger partial charge in [-0.3, -0.25) is 0 Å². The number of phenols is 2. The van der Waals surface area contributed by atoms with Gasteiger partial charge in [0, 0.05) is 8.95 Å². The van der Waals surface area contributed by atoms with Gasteiger partial charge in [-0.1, -0.05) is 12.1 Å². The zero-order chi connectivity index (χ0) is 19.8. The smallest absolute Gasteiger partial charge is 0.130 e. The first-order chi connectivity index (χ1) is 12.9. The molecule has 2 unspecified atom stereocenters. The fourth-order valence-electron chi connectivity index (χ4n) is 1.64. The Morgan fingerprint density at radius 1 is 0.778 bits per heavy atom. The first-order valence-corrected chi connectivity index (χ1v) is 11.1. The van der Waals surface area contributed by atoms with Crippen molar-refractivity contribution in [2.45, 2.75) is 12.2 Å². The molecule has 0 radical (unpaired) electrons. The highest BCUT2D eigenvalue weighted by atomic mass is 79.9. The van der Waals surface area contributed by atoms with Crippen LogP contribution in [0.4, 0.5) is 0 Å². The number of rotatable bonds is 4. The molecule has 2 aromatic carbocycles. The molecule has 148 valence electrons. The first kappa shape index (κ1) is 23.1. The predicted octanol–water partition coefficient (Wildman–Crippen LogP) is 5.64. The second kappa shape index (κ2) is 11.7. The summed E-state index contributed by atoms with van der Waals surface area (Å²) in [6.45, 7) is 3.26. The molecule has 27 heavy (non-hydrogen) atoms. The van der Waals surface area contributed by atoms with Crippen LogP contribution in [0.1, 0.15) is 0 Å². The number of aromatic hydroxyl groups is 2. The Bertz CT molecular complexity index is 634. The first-order valence-electron chi connectivity index (χ1n) is 7.95. The molecule has 0 saturated carbocycles.